The van der Waals surface area contributed by atoms with E-state index in [1.165, 1.54) is 12.8 Å². The van der Waals surface area contributed by atoms with Crippen molar-refractivity contribution in [2.75, 3.05) is 0 Å². The van der Waals surface area contributed by atoms with E-state index in [-0.39, 0.29) is 24.2 Å². The van der Waals surface area contributed by atoms with Crippen LogP contribution in [0, 0.1) is 11.8 Å². The zero-order valence-corrected chi connectivity index (χ0v) is 15.1. The molecule has 1 aliphatic rings. The first-order chi connectivity index (χ1) is 11.5. The lowest BCUT2D eigenvalue weighted by molar-refractivity contribution is -0.137. The van der Waals surface area contributed by atoms with Crippen LogP contribution in [0.3, 0.4) is 0 Å². The maximum absolute atomic E-state index is 11.9. The predicted molar refractivity (Wildman–Crippen MR) is 95.8 cm³/mol. The number of aliphatic hydroxyl groups is 1. The van der Waals surface area contributed by atoms with Crippen molar-refractivity contribution >= 4 is 11.8 Å². The summed E-state index contributed by atoms with van der Waals surface area (Å²) in [6, 6.07) is 0. The van der Waals surface area contributed by atoms with E-state index in [0.29, 0.717) is 18.8 Å². The maximum Gasteiger partial charge on any atom is 0.303 e. The summed E-state index contributed by atoms with van der Waals surface area (Å²) in [4.78, 5) is 22.4. The molecule has 0 radical (unpaired) electrons. The number of carboxylic acid groups (broad SMARTS) is 1. The van der Waals surface area contributed by atoms with E-state index in [0.717, 1.165) is 44.9 Å². The standard InChI is InChI=1S/C20H34O4/c1-2-3-4-6-9-17(21)14-12-16-13-15-19(22)18(16)10-7-5-8-11-20(23)24/h12,14,16,18-19,22H,2-11,13,15H2,1H3,(H,23,24). The maximum atomic E-state index is 11.9. The molecule has 0 aromatic rings. The van der Waals surface area contributed by atoms with Gasteiger partial charge in [-0.2, -0.15) is 0 Å². The lowest BCUT2D eigenvalue weighted by Crippen LogP contribution is -2.18. The predicted octanol–water partition coefficient (Wildman–Crippen LogP) is 4.50. The van der Waals surface area contributed by atoms with E-state index in [2.05, 4.69) is 6.92 Å². The molecule has 2 N–H and O–H groups in total. The number of hydrogen-bond acceptors (Lipinski definition) is 3. The topological polar surface area (TPSA) is 74.6 Å². The van der Waals surface area contributed by atoms with Crippen LogP contribution >= 0.6 is 0 Å². The Kier molecular flexibility index (Phi) is 10.6. The Hall–Kier alpha value is -1.16. The largest absolute Gasteiger partial charge is 0.481 e. The SMILES string of the molecule is CCCCCCC(=O)C=CC1CCC(O)C1CCCCCC(=O)O. The van der Waals surface area contributed by atoms with Gasteiger partial charge in [-0.3, -0.25) is 9.59 Å². The van der Waals surface area contributed by atoms with Gasteiger partial charge in [0.05, 0.1) is 6.10 Å². The summed E-state index contributed by atoms with van der Waals surface area (Å²) < 4.78 is 0. The third kappa shape index (κ3) is 8.62. The molecule has 4 nitrogen and oxygen atoms in total. The van der Waals surface area contributed by atoms with Crippen molar-refractivity contribution < 1.29 is 19.8 Å². The van der Waals surface area contributed by atoms with Crippen molar-refractivity contribution in [2.24, 2.45) is 11.8 Å². The van der Waals surface area contributed by atoms with Crippen LogP contribution in [-0.2, 0) is 9.59 Å². The smallest absolute Gasteiger partial charge is 0.303 e. The number of rotatable bonds is 13. The molecule has 0 spiro atoms. The van der Waals surface area contributed by atoms with Crippen LogP contribution in [0.15, 0.2) is 12.2 Å². The number of aliphatic hydroxyl groups excluding tert-OH is 1. The lowest BCUT2D eigenvalue weighted by atomic mass is 9.88. The minimum Gasteiger partial charge on any atom is -0.481 e. The first-order valence-electron chi connectivity index (χ1n) is 9.65. The Morgan fingerprint density at radius 3 is 2.42 bits per heavy atom. The molecule has 0 heterocycles. The molecule has 0 aromatic heterocycles. The molecule has 0 amide bonds. The molecule has 4 heteroatoms. The molecular formula is C20H34O4. The van der Waals surface area contributed by atoms with Gasteiger partial charge in [-0.25, -0.2) is 0 Å². The van der Waals surface area contributed by atoms with Crippen molar-refractivity contribution in [1.29, 1.82) is 0 Å². The average molecular weight is 338 g/mol. The quantitative estimate of drug-likeness (QED) is 0.383. The second-order valence-electron chi connectivity index (χ2n) is 7.10. The Labute approximate surface area is 146 Å². The summed E-state index contributed by atoms with van der Waals surface area (Å²) in [6.45, 7) is 2.16. The van der Waals surface area contributed by atoms with E-state index in [1.807, 2.05) is 6.08 Å². The highest BCUT2D eigenvalue weighted by Gasteiger charge is 2.32. The van der Waals surface area contributed by atoms with E-state index >= 15 is 0 Å². The van der Waals surface area contributed by atoms with Crippen LogP contribution in [0.1, 0.15) is 84.0 Å². The molecule has 1 rings (SSSR count). The molecule has 0 aliphatic heterocycles. The van der Waals surface area contributed by atoms with Gasteiger partial charge < -0.3 is 10.2 Å². The highest BCUT2D eigenvalue weighted by molar-refractivity contribution is 5.89. The second kappa shape index (κ2) is 12.2. The number of unbranched alkanes of at least 4 members (excludes halogenated alkanes) is 5. The second-order valence-corrected chi connectivity index (χ2v) is 7.10. The number of hydrogen-bond donors (Lipinski definition) is 2. The third-order valence-electron chi connectivity index (χ3n) is 5.07. The van der Waals surface area contributed by atoms with Crippen LogP contribution < -0.4 is 0 Å². The van der Waals surface area contributed by atoms with E-state index < -0.39 is 5.97 Å². The third-order valence-corrected chi connectivity index (χ3v) is 5.07. The molecule has 0 saturated heterocycles. The van der Waals surface area contributed by atoms with E-state index in [4.69, 9.17) is 5.11 Å². The Morgan fingerprint density at radius 2 is 1.71 bits per heavy atom. The van der Waals surface area contributed by atoms with Crippen molar-refractivity contribution in [3.8, 4) is 0 Å². The summed E-state index contributed by atoms with van der Waals surface area (Å²) in [5.74, 6) is -0.0279. The number of aliphatic carboxylic acids is 1. The zero-order valence-electron chi connectivity index (χ0n) is 15.1. The van der Waals surface area contributed by atoms with Crippen LogP contribution in [0.4, 0.5) is 0 Å². The van der Waals surface area contributed by atoms with Gasteiger partial charge in [-0.1, -0.05) is 45.1 Å². The highest BCUT2D eigenvalue weighted by Crippen LogP contribution is 2.36. The van der Waals surface area contributed by atoms with E-state index in [9.17, 15) is 14.7 Å². The minimum absolute atomic E-state index is 0.202. The Bertz CT molecular complexity index is 402. The molecule has 0 aromatic carbocycles. The summed E-state index contributed by atoms with van der Waals surface area (Å²) >= 11 is 0. The van der Waals surface area contributed by atoms with Gasteiger partial charge in [0.15, 0.2) is 5.78 Å². The zero-order chi connectivity index (χ0) is 17.8. The van der Waals surface area contributed by atoms with E-state index in [1.54, 1.807) is 6.08 Å². The van der Waals surface area contributed by atoms with Gasteiger partial charge in [-0.05, 0) is 50.0 Å². The summed E-state index contributed by atoms with van der Waals surface area (Å²) in [7, 11) is 0. The number of carbonyl (C=O) groups is 2. The molecule has 138 valence electrons. The molecule has 0 bridgehead atoms. The van der Waals surface area contributed by atoms with Crippen molar-refractivity contribution in [1.82, 2.24) is 0 Å². The van der Waals surface area contributed by atoms with Crippen molar-refractivity contribution in [3.05, 3.63) is 12.2 Å². The van der Waals surface area contributed by atoms with Gasteiger partial charge in [-0.15, -0.1) is 0 Å². The van der Waals surface area contributed by atoms with Crippen LogP contribution in [0.2, 0.25) is 0 Å². The minimum atomic E-state index is -0.742. The number of carboxylic acids is 1. The fraction of sp³-hybridized carbons (Fsp3) is 0.800. The van der Waals surface area contributed by atoms with Crippen molar-refractivity contribution in [3.63, 3.8) is 0 Å². The van der Waals surface area contributed by atoms with Gasteiger partial charge in [0, 0.05) is 12.8 Å². The normalized spacial score (nSPS) is 23.8. The molecule has 3 unspecified atom stereocenters. The van der Waals surface area contributed by atoms with Crippen LogP contribution in [0.25, 0.3) is 0 Å². The summed E-state index contributed by atoms with van der Waals surface area (Å²) in [6.07, 6.45) is 14.0. The molecular weight excluding hydrogens is 304 g/mol. The molecule has 1 aliphatic carbocycles. The first-order valence-corrected chi connectivity index (χ1v) is 9.65. The molecule has 1 fully saturated rings. The fourth-order valence-electron chi connectivity index (χ4n) is 3.60. The lowest BCUT2D eigenvalue weighted by Gasteiger charge is -2.19. The van der Waals surface area contributed by atoms with Crippen LogP contribution in [0.5, 0.6) is 0 Å². The first kappa shape index (κ1) is 20.9. The number of ketones is 1. The number of carbonyl (C=O) groups excluding carboxylic acids is 1. The summed E-state index contributed by atoms with van der Waals surface area (Å²) in [5, 5.41) is 18.8. The molecule has 1 saturated carbocycles. The van der Waals surface area contributed by atoms with Gasteiger partial charge in [0.25, 0.3) is 0 Å². The average Bonchev–Trinajstić information content (AvgIpc) is 2.89. The van der Waals surface area contributed by atoms with Gasteiger partial charge in [0.1, 0.15) is 0 Å². The summed E-state index contributed by atoms with van der Waals surface area (Å²) in [5.41, 5.74) is 0. The Morgan fingerprint density at radius 1 is 1.00 bits per heavy atom. The van der Waals surface area contributed by atoms with Gasteiger partial charge in [0.2, 0.25) is 0 Å². The monoisotopic (exact) mass is 338 g/mol. The van der Waals surface area contributed by atoms with Crippen molar-refractivity contribution in [2.45, 2.75) is 90.1 Å². The van der Waals surface area contributed by atoms with Gasteiger partial charge >= 0.3 is 5.97 Å². The fourth-order valence-corrected chi connectivity index (χ4v) is 3.60. The molecule has 3 atom stereocenters. The number of allylic oxidation sites excluding steroid dienone is 2. The Balaban J connectivity index is 2.30. The molecule has 24 heavy (non-hydrogen) atoms. The highest BCUT2D eigenvalue weighted by atomic mass is 16.4. The van der Waals surface area contributed by atoms with Crippen LogP contribution in [-0.4, -0.2) is 28.1 Å².